The number of aromatic hydroxyl groups is 1. The summed E-state index contributed by atoms with van der Waals surface area (Å²) >= 11 is 0. The van der Waals surface area contributed by atoms with Crippen molar-refractivity contribution in [2.45, 2.75) is 0 Å². The summed E-state index contributed by atoms with van der Waals surface area (Å²) in [5, 5.41) is 14.3. The third-order valence-electron chi connectivity index (χ3n) is 2.12. The maximum Gasteiger partial charge on any atom is 0.407 e. The number of carbonyl (C=O) groups is 2. The Morgan fingerprint density at radius 2 is 2.05 bits per heavy atom. The van der Waals surface area contributed by atoms with E-state index in [-0.39, 0.29) is 31.4 Å². The lowest BCUT2D eigenvalue weighted by Gasteiger charge is -2.07. The summed E-state index contributed by atoms with van der Waals surface area (Å²) in [6, 6.07) is 6.00. The van der Waals surface area contributed by atoms with Gasteiger partial charge in [-0.25, -0.2) is 4.79 Å². The molecule has 0 unspecified atom stereocenters. The van der Waals surface area contributed by atoms with Crippen LogP contribution in [0.3, 0.4) is 0 Å². The molecule has 102 valence electrons. The molecule has 0 bridgehead atoms. The highest BCUT2D eigenvalue weighted by Crippen LogP contribution is 2.10. The molecule has 0 heterocycles. The predicted octanol–water partition coefficient (Wildman–Crippen LogP) is 1.03. The van der Waals surface area contributed by atoms with Gasteiger partial charge in [0.05, 0.1) is 0 Å². The minimum atomic E-state index is -0.563. The maximum absolute atomic E-state index is 11.6. The Balaban J connectivity index is 2.24. The second kappa shape index (κ2) is 7.75. The van der Waals surface area contributed by atoms with Crippen molar-refractivity contribution in [2.24, 2.45) is 0 Å². The van der Waals surface area contributed by atoms with E-state index in [2.05, 4.69) is 21.9 Å². The van der Waals surface area contributed by atoms with E-state index in [1.807, 2.05) is 0 Å². The van der Waals surface area contributed by atoms with Gasteiger partial charge in [0.15, 0.2) is 0 Å². The average Bonchev–Trinajstić information content (AvgIpc) is 2.41. The normalized spacial score (nSPS) is 9.47. The second-order valence-corrected chi connectivity index (χ2v) is 3.62. The van der Waals surface area contributed by atoms with E-state index in [9.17, 15) is 14.7 Å². The molecule has 19 heavy (non-hydrogen) atoms. The molecule has 0 saturated heterocycles. The molecule has 2 amide bonds. The van der Waals surface area contributed by atoms with E-state index < -0.39 is 6.09 Å². The molecule has 0 spiro atoms. The molecular formula is C13H16N2O4. The van der Waals surface area contributed by atoms with Crippen LogP contribution in [-0.4, -0.2) is 36.8 Å². The first-order valence-corrected chi connectivity index (χ1v) is 5.72. The van der Waals surface area contributed by atoms with E-state index in [0.29, 0.717) is 5.56 Å². The van der Waals surface area contributed by atoms with Crippen molar-refractivity contribution in [2.75, 3.05) is 19.7 Å². The standard InChI is InChI=1S/C13H16N2O4/c1-2-8-19-13(18)15-7-6-14-12(17)10-4-3-5-11(16)9-10/h2-5,9,16H,1,6-8H2,(H,14,17)(H,15,18). The summed E-state index contributed by atoms with van der Waals surface area (Å²) in [7, 11) is 0. The van der Waals surface area contributed by atoms with E-state index in [1.54, 1.807) is 12.1 Å². The number of phenolic OH excluding ortho intramolecular Hbond substituents is 1. The highest BCUT2D eigenvalue weighted by Gasteiger charge is 2.05. The largest absolute Gasteiger partial charge is 0.508 e. The topological polar surface area (TPSA) is 87.7 Å². The number of hydrogen-bond acceptors (Lipinski definition) is 4. The van der Waals surface area contributed by atoms with E-state index >= 15 is 0 Å². The van der Waals surface area contributed by atoms with Gasteiger partial charge >= 0.3 is 6.09 Å². The zero-order valence-electron chi connectivity index (χ0n) is 10.4. The Labute approximate surface area is 111 Å². The molecule has 0 saturated carbocycles. The van der Waals surface area contributed by atoms with E-state index in [1.165, 1.54) is 18.2 Å². The third kappa shape index (κ3) is 5.58. The van der Waals surface area contributed by atoms with Crippen molar-refractivity contribution >= 4 is 12.0 Å². The molecule has 0 aliphatic heterocycles. The second-order valence-electron chi connectivity index (χ2n) is 3.62. The number of ether oxygens (including phenoxy) is 1. The minimum Gasteiger partial charge on any atom is -0.508 e. The van der Waals surface area contributed by atoms with Gasteiger partial charge in [0.1, 0.15) is 12.4 Å². The van der Waals surface area contributed by atoms with Crippen LogP contribution in [0.1, 0.15) is 10.4 Å². The van der Waals surface area contributed by atoms with Crippen LogP contribution in [0, 0.1) is 0 Å². The molecule has 3 N–H and O–H groups in total. The molecule has 0 aliphatic rings. The van der Waals surface area contributed by atoms with Gasteiger partial charge in [0.25, 0.3) is 5.91 Å². The Kier molecular flexibility index (Phi) is 5.94. The molecule has 0 atom stereocenters. The molecule has 6 heteroatoms. The van der Waals surface area contributed by atoms with Crippen molar-refractivity contribution < 1.29 is 19.4 Å². The minimum absolute atomic E-state index is 0.0266. The van der Waals surface area contributed by atoms with Crippen LogP contribution in [0.2, 0.25) is 0 Å². The molecule has 0 radical (unpaired) electrons. The molecule has 1 aromatic carbocycles. The lowest BCUT2D eigenvalue weighted by atomic mass is 10.2. The first kappa shape index (κ1) is 14.6. The van der Waals surface area contributed by atoms with Crippen molar-refractivity contribution in [3.05, 3.63) is 42.5 Å². The molecule has 0 aromatic heterocycles. The number of alkyl carbamates (subject to hydrolysis) is 1. The van der Waals surface area contributed by atoms with Gasteiger partial charge in [0.2, 0.25) is 0 Å². The van der Waals surface area contributed by atoms with Crippen LogP contribution < -0.4 is 10.6 Å². The molecule has 0 aliphatic carbocycles. The fourth-order valence-electron chi connectivity index (χ4n) is 1.28. The fraction of sp³-hybridized carbons (Fsp3) is 0.231. The van der Waals surface area contributed by atoms with Gasteiger partial charge in [-0.05, 0) is 18.2 Å². The summed E-state index contributed by atoms with van der Waals surface area (Å²) in [5.41, 5.74) is 0.356. The zero-order chi connectivity index (χ0) is 14.1. The Hall–Kier alpha value is -2.50. The third-order valence-corrected chi connectivity index (χ3v) is 2.12. The molecule has 0 fully saturated rings. The number of hydrogen-bond donors (Lipinski definition) is 3. The smallest absolute Gasteiger partial charge is 0.407 e. The molecule has 1 rings (SSSR count). The summed E-state index contributed by atoms with van der Waals surface area (Å²) < 4.78 is 4.68. The zero-order valence-corrected chi connectivity index (χ0v) is 10.4. The van der Waals surface area contributed by atoms with Crippen molar-refractivity contribution in [3.63, 3.8) is 0 Å². The van der Waals surface area contributed by atoms with Gasteiger partial charge in [-0.15, -0.1) is 0 Å². The van der Waals surface area contributed by atoms with Crippen LogP contribution in [-0.2, 0) is 4.74 Å². The van der Waals surface area contributed by atoms with Gasteiger partial charge < -0.3 is 20.5 Å². The number of phenols is 1. The van der Waals surface area contributed by atoms with Gasteiger partial charge in [-0.3, -0.25) is 4.79 Å². The van der Waals surface area contributed by atoms with E-state index in [4.69, 9.17) is 0 Å². The van der Waals surface area contributed by atoms with Crippen LogP contribution in [0.25, 0.3) is 0 Å². The molecular weight excluding hydrogens is 248 g/mol. The Bertz CT molecular complexity index is 460. The lowest BCUT2D eigenvalue weighted by Crippen LogP contribution is -2.35. The monoisotopic (exact) mass is 264 g/mol. The van der Waals surface area contributed by atoms with Crippen LogP contribution in [0.15, 0.2) is 36.9 Å². The molecule has 1 aromatic rings. The van der Waals surface area contributed by atoms with Crippen molar-refractivity contribution in [1.29, 1.82) is 0 Å². The number of rotatable bonds is 6. The van der Waals surface area contributed by atoms with Crippen LogP contribution in [0.4, 0.5) is 4.79 Å². The van der Waals surface area contributed by atoms with Crippen LogP contribution >= 0.6 is 0 Å². The van der Waals surface area contributed by atoms with Gasteiger partial charge in [0, 0.05) is 18.7 Å². The highest BCUT2D eigenvalue weighted by molar-refractivity contribution is 5.94. The number of nitrogens with one attached hydrogen (secondary N) is 2. The number of amides is 2. The van der Waals surface area contributed by atoms with Gasteiger partial charge in [-0.1, -0.05) is 18.7 Å². The van der Waals surface area contributed by atoms with Crippen LogP contribution in [0.5, 0.6) is 5.75 Å². The highest BCUT2D eigenvalue weighted by atomic mass is 16.5. The summed E-state index contributed by atoms with van der Waals surface area (Å²) in [6.07, 6.45) is 0.898. The first-order valence-electron chi connectivity index (χ1n) is 5.72. The summed E-state index contributed by atoms with van der Waals surface area (Å²) in [4.78, 5) is 22.7. The quantitative estimate of drug-likeness (QED) is 0.529. The fourth-order valence-corrected chi connectivity index (χ4v) is 1.28. The average molecular weight is 264 g/mol. The van der Waals surface area contributed by atoms with E-state index in [0.717, 1.165) is 0 Å². The molecule has 6 nitrogen and oxygen atoms in total. The van der Waals surface area contributed by atoms with Crippen molar-refractivity contribution in [1.82, 2.24) is 10.6 Å². The number of carbonyl (C=O) groups excluding carboxylic acids is 2. The Morgan fingerprint density at radius 1 is 1.32 bits per heavy atom. The first-order chi connectivity index (χ1) is 9.13. The Morgan fingerprint density at radius 3 is 2.74 bits per heavy atom. The SMILES string of the molecule is C=CCOC(=O)NCCNC(=O)c1cccc(O)c1. The van der Waals surface area contributed by atoms with Crippen molar-refractivity contribution in [3.8, 4) is 5.75 Å². The predicted molar refractivity (Wildman–Crippen MR) is 70.0 cm³/mol. The lowest BCUT2D eigenvalue weighted by molar-refractivity contribution is 0.0952. The van der Waals surface area contributed by atoms with Gasteiger partial charge in [-0.2, -0.15) is 0 Å². The number of benzene rings is 1. The summed E-state index contributed by atoms with van der Waals surface area (Å²) in [5.74, 6) is -0.295. The summed E-state index contributed by atoms with van der Waals surface area (Å²) in [6.45, 7) is 4.06. The maximum atomic E-state index is 11.6.